The molecule has 0 aliphatic carbocycles. The van der Waals surface area contributed by atoms with Crippen LogP contribution in [0.3, 0.4) is 0 Å². The molecule has 2 amide bonds. The predicted octanol–water partition coefficient (Wildman–Crippen LogP) is 1.56. The Balaban J connectivity index is 2.58. The Labute approximate surface area is 105 Å². The summed E-state index contributed by atoms with van der Waals surface area (Å²) in [5.74, 6) is 4.41. The number of aromatic carboxylic acids is 1. The molecule has 0 fully saturated rings. The van der Waals surface area contributed by atoms with Crippen LogP contribution in [0.1, 0.15) is 29.5 Å². The third-order valence-corrected chi connectivity index (χ3v) is 2.13. The summed E-state index contributed by atoms with van der Waals surface area (Å²) in [5, 5.41) is 14.0. The van der Waals surface area contributed by atoms with Crippen LogP contribution in [0.5, 0.6) is 0 Å². The number of hydrogen-bond donors (Lipinski definition) is 4. The van der Waals surface area contributed by atoms with Gasteiger partial charge in [-0.15, -0.1) is 11.8 Å². The minimum absolute atomic E-state index is 0.0315. The third kappa shape index (κ3) is 3.87. The largest absolute Gasteiger partial charge is 0.477 e. The summed E-state index contributed by atoms with van der Waals surface area (Å²) in [4.78, 5) is 25.0. The number of aromatic nitrogens is 1. The van der Waals surface area contributed by atoms with Gasteiger partial charge in [0.15, 0.2) is 0 Å². The molecule has 1 heterocycles. The van der Waals surface area contributed by atoms with Gasteiger partial charge in [-0.1, -0.05) is 0 Å². The van der Waals surface area contributed by atoms with Crippen molar-refractivity contribution in [2.45, 2.75) is 20.3 Å². The first-order valence-corrected chi connectivity index (χ1v) is 5.42. The van der Waals surface area contributed by atoms with Gasteiger partial charge in [0.25, 0.3) is 0 Å². The first-order chi connectivity index (χ1) is 8.54. The minimum atomic E-state index is -1.12. The average molecular weight is 249 g/mol. The summed E-state index contributed by atoms with van der Waals surface area (Å²) in [6, 6.07) is 1.11. The van der Waals surface area contributed by atoms with E-state index in [1.807, 2.05) is 0 Å². The highest BCUT2D eigenvalue weighted by molar-refractivity contribution is 5.99. The Morgan fingerprint density at radius 1 is 1.50 bits per heavy atom. The van der Waals surface area contributed by atoms with Gasteiger partial charge in [-0.05, 0) is 19.9 Å². The van der Waals surface area contributed by atoms with E-state index in [1.54, 1.807) is 19.9 Å². The van der Waals surface area contributed by atoms with Gasteiger partial charge < -0.3 is 20.7 Å². The van der Waals surface area contributed by atoms with Crippen LogP contribution in [0, 0.1) is 18.8 Å². The number of amides is 2. The monoisotopic (exact) mass is 249 g/mol. The van der Waals surface area contributed by atoms with Crippen molar-refractivity contribution in [3.05, 3.63) is 17.5 Å². The maximum absolute atomic E-state index is 11.5. The lowest BCUT2D eigenvalue weighted by atomic mass is 10.3. The number of urea groups is 1. The van der Waals surface area contributed by atoms with Crippen molar-refractivity contribution in [1.82, 2.24) is 10.3 Å². The molecule has 0 bridgehead atoms. The number of hydrogen-bond acceptors (Lipinski definition) is 2. The van der Waals surface area contributed by atoms with Crippen LogP contribution in [0.2, 0.25) is 0 Å². The predicted molar refractivity (Wildman–Crippen MR) is 67.6 cm³/mol. The van der Waals surface area contributed by atoms with Crippen LogP contribution in [0.4, 0.5) is 10.5 Å². The van der Waals surface area contributed by atoms with E-state index in [0.29, 0.717) is 18.7 Å². The van der Waals surface area contributed by atoms with Crippen molar-refractivity contribution in [2.24, 2.45) is 0 Å². The van der Waals surface area contributed by atoms with Crippen molar-refractivity contribution in [2.75, 3.05) is 11.9 Å². The zero-order valence-electron chi connectivity index (χ0n) is 10.3. The maximum Gasteiger partial charge on any atom is 0.354 e. The Hall–Kier alpha value is -2.42. The van der Waals surface area contributed by atoms with Crippen molar-refractivity contribution >= 4 is 17.7 Å². The van der Waals surface area contributed by atoms with Crippen LogP contribution in [-0.4, -0.2) is 28.6 Å². The number of anilines is 1. The second-order valence-electron chi connectivity index (χ2n) is 3.60. The molecule has 0 saturated carbocycles. The summed E-state index contributed by atoms with van der Waals surface area (Å²) in [5.41, 5.74) is 0.884. The van der Waals surface area contributed by atoms with Crippen molar-refractivity contribution < 1.29 is 14.7 Å². The van der Waals surface area contributed by atoms with Crippen LogP contribution in [-0.2, 0) is 0 Å². The highest BCUT2D eigenvalue weighted by atomic mass is 16.4. The summed E-state index contributed by atoms with van der Waals surface area (Å²) >= 11 is 0. The Bertz CT molecular complexity index is 508. The number of carbonyl (C=O) groups is 2. The van der Waals surface area contributed by atoms with Gasteiger partial charge in [0.2, 0.25) is 0 Å². The summed E-state index contributed by atoms with van der Waals surface area (Å²) in [7, 11) is 0. The molecule has 1 rings (SSSR count). The highest BCUT2D eigenvalue weighted by Gasteiger charge is 2.14. The van der Waals surface area contributed by atoms with Gasteiger partial charge in [-0.25, -0.2) is 9.59 Å². The fourth-order valence-corrected chi connectivity index (χ4v) is 1.39. The Morgan fingerprint density at radius 3 is 2.83 bits per heavy atom. The lowest BCUT2D eigenvalue weighted by Crippen LogP contribution is -2.29. The zero-order chi connectivity index (χ0) is 13.5. The standard InChI is InChI=1S/C12H15N3O3/c1-3-4-5-6-13-12(18)15-9-7-8(2)14-10(9)11(16)17/h7,14H,5-6H2,1-2H3,(H,16,17)(H2,13,15,18). The molecule has 96 valence electrons. The SMILES string of the molecule is CC#CCCNC(=O)Nc1cc(C)[nH]c1C(=O)O. The first kappa shape index (κ1) is 13.6. The minimum Gasteiger partial charge on any atom is -0.477 e. The molecule has 4 N–H and O–H groups in total. The van der Waals surface area contributed by atoms with Crippen molar-refractivity contribution in [3.8, 4) is 11.8 Å². The summed E-state index contributed by atoms with van der Waals surface area (Å²) in [6.07, 6.45) is 0.557. The van der Waals surface area contributed by atoms with E-state index in [2.05, 4.69) is 27.5 Å². The van der Waals surface area contributed by atoms with E-state index >= 15 is 0 Å². The summed E-state index contributed by atoms with van der Waals surface area (Å²) < 4.78 is 0. The van der Waals surface area contributed by atoms with Crippen LogP contribution in [0.15, 0.2) is 6.07 Å². The normalized spacial score (nSPS) is 9.22. The molecule has 0 saturated heterocycles. The molecule has 6 heteroatoms. The maximum atomic E-state index is 11.5. The molecule has 1 aromatic heterocycles. The third-order valence-electron chi connectivity index (χ3n) is 2.13. The van der Waals surface area contributed by atoms with E-state index in [1.165, 1.54) is 0 Å². The Morgan fingerprint density at radius 2 is 2.22 bits per heavy atom. The molecule has 18 heavy (non-hydrogen) atoms. The lowest BCUT2D eigenvalue weighted by molar-refractivity contribution is 0.0692. The number of nitrogens with one attached hydrogen (secondary N) is 3. The van der Waals surface area contributed by atoms with Crippen molar-refractivity contribution in [1.29, 1.82) is 0 Å². The number of rotatable bonds is 4. The molecule has 0 aliphatic heterocycles. The second-order valence-corrected chi connectivity index (χ2v) is 3.60. The Kier molecular flexibility index (Phi) is 4.81. The van der Waals surface area contributed by atoms with Gasteiger partial charge in [0, 0.05) is 18.7 Å². The van der Waals surface area contributed by atoms with E-state index in [-0.39, 0.29) is 11.4 Å². The van der Waals surface area contributed by atoms with Gasteiger partial charge >= 0.3 is 12.0 Å². The van der Waals surface area contributed by atoms with Gasteiger partial charge in [-0.2, -0.15) is 0 Å². The number of aryl methyl sites for hydroxylation is 1. The fourth-order valence-electron chi connectivity index (χ4n) is 1.39. The number of carboxylic acids is 1. The lowest BCUT2D eigenvalue weighted by Gasteiger charge is -2.05. The summed E-state index contributed by atoms with van der Waals surface area (Å²) in [6.45, 7) is 3.85. The molecule has 0 unspecified atom stereocenters. The average Bonchev–Trinajstić information content (AvgIpc) is 2.66. The first-order valence-electron chi connectivity index (χ1n) is 5.42. The number of aromatic amines is 1. The van der Waals surface area contributed by atoms with Crippen molar-refractivity contribution in [3.63, 3.8) is 0 Å². The molecular weight excluding hydrogens is 234 g/mol. The molecule has 0 spiro atoms. The second kappa shape index (κ2) is 6.35. The van der Waals surface area contributed by atoms with E-state index in [9.17, 15) is 9.59 Å². The highest BCUT2D eigenvalue weighted by Crippen LogP contribution is 2.16. The van der Waals surface area contributed by atoms with E-state index in [4.69, 9.17) is 5.11 Å². The molecule has 0 aromatic carbocycles. The fraction of sp³-hybridized carbons (Fsp3) is 0.333. The number of H-pyrrole nitrogens is 1. The molecule has 1 aromatic rings. The molecule has 0 aliphatic rings. The molecular formula is C12H15N3O3. The number of carbonyl (C=O) groups excluding carboxylic acids is 1. The van der Waals surface area contributed by atoms with E-state index in [0.717, 1.165) is 0 Å². The zero-order valence-corrected chi connectivity index (χ0v) is 10.3. The van der Waals surface area contributed by atoms with Gasteiger partial charge in [-0.3, -0.25) is 0 Å². The molecule has 6 nitrogen and oxygen atoms in total. The van der Waals surface area contributed by atoms with E-state index < -0.39 is 12.0 Å². The van der Waals surface area contributed by atoms with Gasteiger partial charge in [0.1, 0.15) is 5.69 Å². The molecule has 0 radical (unpaired) electrons. The van der Waals surface area contributed by atoms with Gasteiger partial charge in [0.05, 0.1) is 5.69 Å². The molecule has 0 atom stereocenters. The van der Waals surface area contributed by atoms with Crippen LogP contribution in [0.25, 0.3) is 0 Å². The van der Waals surface area contributed by atoms with Crippen LogP contribution >= 0.6 is 0 Å². The smallest absolute Gasteiger partial charge is 0.354 e. The van der Waals surface area contributed by atoms with Crippen LogP contribution < -0.4 is 10.6 Å². The topological polar surface area (TPSA) is 94.2 Å². The quantitative estimate of drug-likeness (QED) is 0.481. The number of carboxylic acid groups (broad SMARTS) is 1.